The highest BCUT2D eigenvalue weighted by Crippen LogP contribution is 2.16. The van der Waals surface area contributed by atoms with Crippen LogP contribution in [0.15, 0.2) is 33.9 Å². The van der Waals surface area contributed by atoms with Crippen LogP contribution in [0.2, 0.25) is 0 Å². The number of benzene rings is 1. The van der Waals surface area contributed by atoms with Crippen LogP contribution in [0.4, 0.5) is 0 Å². The van der Waals surface area contributed by atoms with E-state index < -0.39 is 11.2 Å². The van der Waals surface area contributed by atoms with E-state index in [2.05, 4.69) is 15.3 Å². The topological polar surface area (TPSA) is 113 Å². The second-order valence-corrected chi connectivity index (χ2v) is 6.88. The van der Waals surface area contributed by atoms with E-state index in [1.54, 1.807) is 6.92 Å². The summed E-state index contributed by atoms with van der Waals surface area (Å²) in [5, 5.41) is 2.83. The summed E-state index contributed by atoms with van der Waals surface area (Å²) in [6.45, 7) is 3.40. The van der Waals surface area contributed by atoms with Gasteiger partial charge in [-0.1, -0.05) is 12.1 Å². The summed E-state index contributed by atoms with van der Waals surface area (Å²) < 4.78 is 11.2. The van der Waals surface area contributed by atoms with Gasteiger partial charge in [0.1, 0.15) is 12.4 Å². The van der Waals surface area contributed by atoms with E-state index in [0.717, 1.165) is 30.8 Å². The second kappa shape index (κ2) is 9.36. The fourth-order valence-corrected chi connectivity index (χ4v) is 3.12. The van der Waals surface area contributed by atoms with Crippen molar-refractivity contribution < 1.29 is 14.3 Å². The molecule has 1 aromatic heterocycles. The Morgan fingerprint density at radius 2 is 2.04 bits per heavy atom. The van der Waals surface area contributed by atoms with Gasteiger partial charge in [0.25, 0.3) is 5.56 Å². The van der Waals surface area contributed by atoms with Crippen LogP contribution >= 0.6 is 0 Å². The molecular formula is C20H25N3O5. The lowest BCUT2D eigenvalue weighted by molar-refractivity contribution is -0.121. The van der Waals surface area contributed by atoms with Gasteiger partial charge in [-0.3, -0.25) is 14.6 Å². The first kappa shape index (κ1) is 19.9. The van der Waals surface area contributed by atoms with Gasteiger partial charge >= 0.3 is 5.69 Å². The molecule has 150 valence electrons. The van der Waals surface area contributed by atoms with Gasteiger partial charge in [-0.05, 0) is 43.9 Å². The number of ether oxygens (including phenoxy) is 2. The molecule has 1 saturated heterocycles. The Morgan fingerprint density at radius 3 is 2.71 bits per heavy atom. The van der Waals surface area contributed by atoms with Gasteiger partial charge in [0.05, 0.1) is 6.10 Å². The third-order valence-corrected chi connectivity index (χ3v) is 4.73. The number of nitrogens with one attached hydrogen (secondary N) is 3. The quantitative estimate of drug-likeness (QED) is 0.629. The van der Waals surface area contributed by atoms with Gasteiger partial charge in [-0.15, -0.1) is 0 Å². The van der Waals surface area contributed by atoms with Crippen LogP contribution in [0.25, 0.3) is 0 Å². The molecular weight excluding hydrogens is 362 g/mol. The summed E-state index contributed by atoms with van der Waals surface area (Å²) in [5.74, 6) is 0.613. The Hall–Kier alpha value is -2.87. The fraction of sp³-hybridized carbons (Fsp3) is 0.450. The zero-order chi connectivity index (χ0) is 19.9. The fourth-order valence-electron chi connectivity index (χ4n) is 3.12. The first-order valence-electron chi connectivity index (χ1n) is 9.43. The maximum atomic E-state index is 12.1. The first-order chi connectivity index (χ1) is 13.5. The van der Waals surface area contributed by atoms with Crippen molar-refractivity contribution >= 4 is 5.91 Å². The zero-order valence-corrected chi connectivity index (χ0v) is 15.9. The molecule has 0 spiro atoms. The second-order valence-electron chi connectivity index (χ2n) is 6.88. The molecule has 0 aliphatic carbocycles. The molecule has 1 atom stereocenters. The van der Waals surface area contributed by atoms with Crippen LogP contribution < -0.4 is 21.3 Å². The average Bonchev–Trinajstić information content (AvgIpc) is 3.18. The molecule has 2 aromatic rings. The summed E-state index contributed by atoms with van der Waals surface area (Å²) in [7, 11) is 0. The highest BCUT2D eigenvalue weighted by atomic mass is 16.5. The van der Waals surface area contributed by atoms with E-state index >= 15 is 0 Å². The number of rotatable bonds is 8. The van der Waals surface area contributed by atoms with Crippen molar-refractivity contribution in [3.8, 4) is 5.75 Å². The monoisotopic (exact) mass is 387 g/mol. The van der Waals surface area contributed by atoms with Crippen molar-refractivity contribution in [3.63, 3.8) is 0 Å². The average molecular weight is 387 g/mol. The summed E-state index contributed by atoms with van der Waals surface area (Å²) in [6, 6.07) is 7.56. The van der Waals surface area contributed by atoms with Crippen molar-refractivity contribution in [2.75, 3.05) is 13.2 Å². The summed E-state index contributed by atoms with van der Waals surface area (Å²) >= 11 is 0. The van der Waals surface area contributed by atoms with Crippen LogP contribution in [0.1, 0.15) is 36.1 Å². The Morgan fingerprint density at radius 1 is 1.25 bits per heavy atom. The van der Waals surface area contributed by atoms with Crippen LogP contribution in [0.5, 0.6) is 5.75 Å². The van der Waals surface area contributed by atoms with Crippen LogP contribution in [0, 0.1) is 6.92 Å². The Balaban J connectivity index is 1.43. The predicted molar refractivity (Wildman–Crippen MR) is 103 cm³/mol. The van der Waals surface area contributed by atoms with Crippen LogP contribution in [-0.4, -0.2) is 35.2 Å². The molecule has 1 amide bonds. The third-order valence-electron chi connectivity index (χ3n) is 4.73. The number of aromatic nitrogens is 2. The van der Waals surface area contributed by atoms with E-state index in [4.69, 9.17) is 9.47 Å². The van der Waals surface area contributed by atoms with Crippen molar-refractivity contribution in [2.45, 2.75) is 45.3 Å². The largest absolute Gasteiger partial charge is 0.491 e. The Labute approximate surface area is 162 Å². The van der Waals surface area contributed by atoms with Gasteiger partial charge in [-0.2, -0.15) is 0 Å². The minimum absolute atomic E-state index is 0.163. The third kappa shape index (κ3) is 5.56. The SMILES string of the molecule is Cc1[nH]c(=O)[nH]c(=O)c1CCC(=O)NCc1ccc(OC[C@@H]2CCCO2)cc1. The number of amides is 1. The molecule has 3 rings (SSSR count). The number of H-pyrrole nitrogens is 2. The van der Waals surface area contributed by atoms with E-state index in [1.165, 1.54) is 0 Å². The van der Waals surface area contributed by atoms with Gasteiger partial charge in [-0.25, -0.2) is 4.79 Å². The molecule has 0 radical (unpaired) electrons. The molecule has 1 fully saturated rings. The van der Waals surface area contributed by atoms with Gasteiger partial charge in [0.2, 0.25) is 5.91 Å². The molecule has 0 unspecified atom stereocenters. The van der Waals surface area contributed by atoms with Crippen molar-refractivity contribution in [3.05, 3.63) is 61.9 Å². The molecule has 0 bridgehead atoms. The van der Waals surface area contributed by atoms with E-state index in [-0.39, 0.29) is 24.9 Å². The number of hydrogen-bond acceptors (Lipinski definition) is 5. The molecule has 3 N–H and O–H groups in total. The maximum absolute atomic E-state index is 12.1. The Kier molecular flexibility index (Phi) is 6.65. The molecule has 1 aliphatic heterocycles. The van der Waals surface area contributed by atoms with Gasteiger partial charge in [0.15, 0.2) is 0 Å². The summed E-state index contributed by atoms with van der Waals surface area (Å²) in [6.07, 6.45) is 2.73. The number of carbonyl (C=O) groups excluding carboxylic acids is 1. The van der Waals surface area contributed by atoms with Crippen LogP contribution in [0.3, 0.4) is 0 Å². The minimum atomic E-state index is -0.543. The summed E-state index contributed by atoms with van der Waals surface area (Å²) in [4.78, 5) is 39.8. The lowest BCUT2D eigenvalue weighted by atomic mass is 10.1. The molecule has 0 saturated carbocycles. The smallest absolute Gasteiger partial charge is 0.325 e. The minimum Gasteiger partial charge on any atom is -0.491 e. The highest BCUT2D eigenvalue weighted by Gasteiger charge is 2.16. The van der Waals surface area contributed by atoms with Crippen molar-refractivity contribution in [1.82, 2.24) is 15.3 Å². The number of carbonyl (C=O) groups is 1. The van der Waals surface area contributed by atoms with E-state index in [9.17, 15) is 14.4 Å². The number of aryl methyl sites for hydroxylation is 1. The molecule has 8 nitrogen and oxygen atoms in total. The van der Waals surface area contributed by atoms with E-state index in [0.29, 0.717) is 24.4 Å². The van der Waals surface area contributed by atoms with Crippen molar-refractivity contribution in [2.24, 2.45) is 0 Å². The molecule has 28 heavy (non-hydrogen) atoms. The van der Waals surface area contributed by atoms with Gasteiger partial charge < -0.3 is 19.8 Å². The maximum Gasteiger partial charge on any atom is 0.325 e. The van der Waals surface area contributed by atoms with Gasteiger partial charge in [0, 0.05) is 30.8 Å². The van der Waals surface area contributed by atoms with Crippen LogP contribution in [-0.2, 0) is 22.5 Å². The normalized spacial score (nSPS) is 16.1. The molecule has 8 heteroatoms. The van der Waals surface area contributed by atoms with Crippen molar-refractivity contribution in [1.29, 1.82) is 0 Å². The lowest BCUT2D eigenvalue weighted by Gasteiger charge is -2.12. The Bertz CT molecular complexity index is 911. The predicted octanol–water partition coefficient (Wildman–Crippen LogP) is 1.18. The standard InChI is InChI=1S/C20H25N3O5/c1-13-17(19(25)23-20(26)22-13)8-9-18(24)21-11-14-4-6-15(7-5-14)28-12-16-3-2-10-27-16/h4-7,16H,2-3,8-12H2,1H3,(H,21,24)(H2,22,23,25,26)/t16-/m0/s1. The summed E-state index contributed by atoms with van der Waals surface area (Å²) in [5.41, 5.74) is 0.866. The zero-order valence-electron chi connectivity index (χ0n) is 15.9. The lowest BCUT2D eigenvalue weighted by Crippen LogP contribution is -2.29. The highest BCUT2D eigenvalue weighted by molar-refractivity contribution is 5.76. The number of hydrogen-bond donors (Lipinski definition) is 3. The van der Waals surface area contributed by atoms with E-state index in [1.807, 2.05) is 24.3 Å². The molecule has 1 aliphatic rings. The first-order valence-corrected chi connectivity index (χ1v) is 9.43. The molecule has 1 aromatic carbocycles. The number of aromatic amines is 2. The molecule has 2 heterocycles.